The Bertz CT molecular complexity index is 877. The minimum Gasteiger partial charge on any atom is -0.510 e. The Morgan fingerprint density at radius 3 is 2.25 bits per heavy atom. The fourth-order valence-corrected chi connectivity index (χ4v) is 2.54. The molecule has 1 aromatic heterocycles. The molecule has 0 saturated heterocycles. The Morgan fingerprint density at radius 2 is 1.71 bits per heavy atom. The Kier molecular flexibility index (Phi) is 8.93. The number of pyridine rings is 1. The molecular formula is C21H23N3O3Pt. The van der Waals surface area contributed by atoms with Crippen LogP contribution in [0.2, 0.25) is 0 Å². The summed E-state index contributed by atoms with van der Waals surface area (Å²) in [7, 11) is 0. The second-order valence-corrected chi connectivity index (χ2v) is 6.91. The molecule has 2 aromatic rings. The number of carbonyl (C=O) groups is 1. The van der Waals surface area contributed by atoms with Crippen molar-refractivity contribution in [3.05, 3.63) is 72.4 Å². The molecule has 150 valence electrons. The third kappa shape index (κ3) is 6.86. The van der Waals surface area contributed by atoms with Crippen molar-refractivity contribution in [3.63, 3.8) is 0 Å². The Balaban J connectivity index is 0.000000367. The van der Waals surface area contributed by atoms with Gasteiger partial charge in [0.25, 0.3) is 0 Å². The van der Waals surface area contributed by atoms with Crippen LogP contribution in [-0.2, 0) is 25.9 Å². The van der Waals surface area contributed by atoms with E-state index in [2.05, 4.69) is 21.8 Å². The molecule has 3 rings (SSSR count). The van der Waals surface area contributed by atoms with Gasteiger partial charge < -0.3 is 10.2 Å². The summed E-state index contributed by atoms with van der Waals surface area (Å²) in [6.45, 7) is 7.43. The van der Waals surface area contributed by atoms with E-state index in [0.29, 0.717) is 12.8 Å². The zero-order valence-electron chi connectivity index (χ0n) is 15.8. The number of hydrogen-bond donors (Lipinski definition) is 2. The molecule has 0 radical (unpaired) electrons. The van der Waals surface area contributed by atoms with E-state index in [1.165, 1.54) is 6.07 Å². The van der Waals surface area contributed by atoms with E-state index in [-0.39, 0.29) is 55.2 Å². The van der Waals surface area contributed by atoms with Crippen molar-refractivity contribution in [1.29, 1.82) is 0 Å². The maximum absolute atomic E-state index is 11.9. The van der Waals surface area contributed by atoms with Crippen molar-refractivity contribution in [2.75, 3.05) is 0 Å². The first-order valence-electron chi connectivity index (χ1n) is 8.50. The van der Waals surface area contributed by atoms with E-state index in [4.69, 9.17) is 0 Å². The number of Topliss-reactive ketones (excluding diaryl/α,β-unsaturated/α-hetero) is 1. The summed E-state index contributed by atoms with van der Waals surface area (Å²) in [5, 5.41) is 27.0. The minimum absolute atomic E-state index is 0. The number of rotatable bonds is 3. The van der Waals surface area contributed by atoms with Crippen LogP contribution < -0.4 is 0 Å². The predicted molar refractivity (Wildman–Crippen MR) is 105 cm³/mol. The number of phenolic OH excluding ortho intramolecular Hbond substituents is 1. The summed E-state index contributed by atoms with van der Waals surface area (Å²) in [5.74, 6) is -0.289. The van der Waals surface area contributed by atoms with Crippen LogP contribution in [0.15, 0.2) is 77.1 Å². The molecule has 0 aliphatic heterocycles. The van der Waals surface area contributed by atoms with Gasteiger partial charge in [0.1, 0.15) is 17.2 Å². The molecule has 1 heterocycles. The van der Waals surface area contributed by atoms with E-state index in [9.17, 15) is 15.0 Å². The van der Waals surface area contributed by atoms with E-state index in [0.717, 1.165) is 5.56 Å². The first-order valence-corrected chi connectivity index (χ1v) is 8.50. The minimum atomic E-state index is -0.255. The molecule has 0 fully saturated rings. The number of azo groups is 1. The van der Waals surface area contributed by atoms with Gasteiger partial charge in [0.15, 0.2) is 11.5 Å². The van der Waals surface area contributed by atoms with Gasteiger partial charge in [0.2, 0.25) is 0 Å². The van der Waals surface area contributed by atoms with Crippen molar-refractivity contribution in [2.24, 2.45) is 15.6 Å². The zero-order chi connectivity index (χ0) is 19.9. The van der Waals surface area contributed by atoms with E-state index in [1.54, 1.807) is 36.7 Å². The number of aliphatic hydroxyl groups excluding tert-OH is 1. The van der Waals surface area contributed by atoms with Crippen molar-refractivity contribution in [2.45, 2.75) is 26.7 Å². The monoisotopic (exact) mass is 560 g/mol. The molecule has 0 amide bonds. The summed E-state index contributed by atoms with van der Waals surface area (Å²) in [6, 6.07) is 10.2. The average Bonchev–Trinajstić information content (AvgIpc) is 2.63. The average molecular weight is 561 g/mol. The number of allylic oxidation sites excluding steroid dienone is 2. The standard InChI is InChI=1S/C14H16N2O3.C7H7N.Pt/c1-14(2)7-11(18)13(12(19)8-14)16-15-9-5-3-4-6-10(9)17;1-2-7-3-5-8-6-4-7;/h3-6,17-18H,7-8H2,1-2H3;2-6H,1H2;. The Morgan fingerprint density at radius 1 is 1.07 bits per heavy atom. The number of para-hydroxylation sites is 1. The van der Waals surface area contributed by atoms with Crippen molar-refractivity contribution < 1.29 is 36.1 Å². The smallest absolute Gasteiger partial charge is 0.187 e. The normalized spacial score (nSPS) is 15.4. The van der Waals surface area contributed by atoms with E-state index >= 15 is 0 Å². The third-order valence-electron chi connectivity index (χ3n) is 3.90. The molecule has 7 heteroatoms. The van der Waals surface area contributed by atoms with Crippen molar-refractivity contribution >= 4 is 17.5 Å². The number of aromatic nitrogens is 1. The van der Waals surface area contributed by atoms with Crippen LogP contribution in [0.25, 0.3) is 6.08 Å². The second-order valence-electron chi connectivity index (χ2n) is 6.91. The van der Waals surface area contributed by atoms with Crippen LogP contribution in [0.1, 0.15) is 32.3 Å². The third-order valence-corrected chi connectivity index (χ3v) is 3.90. The Hall–Kier alpha value is -2.59. The van der Waals surface area contributed by atoms with Crippen molar-refractivity contribution in [1.82, 2.24) is 4.98 Å². The number of ketones is 1. The van der Waals surface area contributed by atoms with Gasteiger partial charge >= 0.3 is 0 Å². The maximum Gasteiger partial charge on any atom is 0.187 e. The number of aliphatic hydroxyl groups is 1. The molecule has 6 nitrogen and oxygen atoms in total. The fraction of sp³-hybridized carbons (Fsp3) is 0.238. The first-order chi connectivity index (χ1) is 12.8. The van der Waals surface area contributed by atoms with Gasteiger partial charge in [-0.05, 0) is 35.2 Å². The summed E-state index contributed by atoms with van der Waals surface area (Å²) in [4.78, 5) is 15.7. The van der Waals surface area contributed by atoms with Gasteiger partial charge in [0.05, 0.1) is 0 Å². The van der Waals surface area contributed by atoms with Crippen LogP contribution in [0.4, 0.5) is 5.69 Å². The summed E-state index contributed by atoms with van der Waals surface area (Å²) >= 11 is 0. The topological polar surface area (TPSA) is 95.1 Å². The van der Waals surface area contributed by atoms with Crippen LogP contribution in [0.5, 0.6) is 5.75 Å². The molecule has 0 bridgehead atoms. The number of benzene rings is 1. The molecule has 0 atom stereocenters. The molecule has 1 aromatic carbocycles. The van der Waals surface area contributed by atoms with Gasteiger partial charge in [-0.2, -0.15) is 0 Å². The fourth-order valence-electron chi connectivity index (χ4n) is 2.54. The summed E-state index contributed by atoms with van der Waals surface area (Å²) < 4.78 is 0. The summed E-state index contributed by atoms with van der Waals surface area (Å²) in [5.41, 5.74) is 1.11. The number of phenols is 1. The van der Waals surface area contributed by atoms with Crippen molar-refractivity contribution in [3.8, 4) is 5.75 Å². The van der Waals surface area contributed by atoms with Crippen LogP contribution in [0, 0.1) is 5.41 Å². The summed E-state index contributed by atoms with van der Waals surface area (Å²) in [6.07, 6.45) is 6.01. The number of carbonyl (C=O) groups excluding carboxylic acids is 1. The number of nitrogens with zero attached hydrogens (tertiary/aromatic N) is 3. The van der Waals surface area contributed by atoms with Gasteiger partial charge in [-0.3, -0.25) is 9.78 Å². The van der Waals surface area contributed by atoms with Crippen LogP contribution in [0.3, 0.4) is 0 Å². The van der Waals surface area contributed by atoms with Gasteiger partial charge in [-0.15, -0.1) is 10.2 Å². The largest absolute Gasteiger partial charge is 0.510 e. The SMILES string of the molecule is C=Cc1ccncc1.CC1(C)CC(=O)C(N=Nc2ccccc2O)=C(O)C1.[Pt]. The van der Waals surface area contributed by atoms with Gasteiger partial charge in [-0.1, -0.05) is 38.6 Å². The Labute approximate surface area is 179 Å². The van der Waals surface area contributed by atoms with Crippen LogP contribution >= 0.6 is 0 Å². The molecule has 2 N–H and O–H groups in total. The number of hydrogen-bond acceptors (Lipinski definition) is 6. The molecule has 1 aliphatic carbocycles. The first kappa shape index (κ1) is 23.4. The van der Waals surface area contributed by atoms with Crippen LogP contribution in [-0.4, -0.2) is 21.0 Å². The van der Waals surface area contributed by atoms with Gasteiger partial charge in [0, 0.05) is 46.3 Å². The van der Waals surface area contributed by atoms with E-state index < -0.39 is 0 Å². The molecule has 0 spiro atoms. The number of aromatic hydroxyl groups is 1. The van der Waals surface area contributed by atoms with Gasteiger partial charge in [-0.25, -0.2) is 0 Å². The molecule has 1 aliphatic rings. The molecular weight excluding hydrogens is 537 g/mol. The second kappa shape index (κ2) is 10.7. The maximum atomic E-state index is 11.9. The molecule has 0 unspecified atom stereocenters. The quantitative estimate of drug-likeness (QED) is 0.495. The predicted octanol–water partition coefficient (Wildman–Crippen LogP) is 5.36. The van der Waals surface area contributed by atoms with E-state index in [1.807, 2.05) is 26.0 Å². The molecule has 28 heavy (non-hydrogen) atoms. The molecule has 0 saturated carbocycles. The zero-order valence-corrected chi connectivity index (χ0v) is 18.1.